The largest absolute Gasteiger partial charge is 0.455 e. The highest BCUT2D eigenvalue weighted by molar-refractivity contribution is 6.74. The van der Waals surface area contributed by atoms with Gasteiger partial charge in [0.25, 0.3) is 0 Å². The Morgan fingerprint density at radius 2 is 1.00 bits per heavy atom. The maximum Gasteiger partial charge on any atom is 0.337 e. The van der Waals surface area contributed by atoms with Gasteiger partial charge in [0.1, 0.15) is 11.7 Å². The molecule has 1 aliphatic rings. The molecule has 232 valence electrons. The zero-order valence-corrected chi connectivity index (χ0v) is 29.6. The van der Waals surface area contributed by atoms with Gasteiger partial charge in [-0.1, -0.05) is 133 Å². The zero-order chi connectivity index (χ0) is 31.7. The maximum absolute atomic E-state index is 13.6. The van der Waals surface area contributed by atoms with Crippen molar-refractivity contribution < 1.29 is 23.1 Å². The predicted octanol–water partition coefficient (Wildman–Crippen LogP) is 8.70. The van der Waals surface area contributed by atoms with Crippen LogP contribution in [0.2, 0.25) is 36.3 Å². The number of carbonyl (C=O) groups is 1. The minimum atomic E-state index is -2.33. The van der Waals surface area contributed by atoms with E-state index in [1.165, 1.54) is 0 Å². The highest BCUT2D eigenvalue weighted by atomic mass is 28.4. The molecule has 4 rings (SSSR count). The maximum atomic E-state index is 13.6. The molecule has 3 aromatic rings. The molecule has 0 spiro atoms. The van der Waals surface area contributed by atoms with Gasteiger partial charge >= 0.3 is 5.97 Å². The molecule has 0 N–H and O–H groups in total. The van der Waals surface area contributed by atoms with Crippen LogP contribution in [0, 0.1) is 0 Å². The topological polar surface area (TPSA) is 54.0 Å². The number of ether oxygens (including phenoxy) is 2. The number of rotatable bonds is 10. The van der Waals surface area contributed by atoms with Crippen molar-refractivity contribution in [3.05, 3.63) is 108 Å². The number of hydrogen-bond acceptors (Lipinski definition) is 5. The lowest BCUT2D eigenvalue weighted by Gasteiger charge is -2.43. The van der Waals surface area contributed by atoms with E-state index in [1.807, 2.05) is 54.6 Å². The van der Waals surface area contributed by atoms with Gasteiger partial charge in [-0.3, -0.25) is 0 Å². The standard InChI is InChI=1S/C36H50O5Si2/c1-34(2,3)42(7,8)40-31-30(39-33(37)32(31)41-43(9,10)35(4,5)6)26-38-36(27-20-14-11-15-21-27,28-22-16-12-17-23-28)29-24-18-13-19-25-29/h11-25,30-32H,26H2,1-10H3/t30-,31+,32+/m0/s1. The third kappa shape index (κ3) is 6.91. The molecule has 43 heavy (non-hydrogen) atoms. The normalized spacial score (nSPS) is 20.2. The van der Waals surface area contributed by atoms with E-state index in [0.29, 0.717) is 0 Å². The number of benzene rings is 3. The first-order chi connectivity index (χ1) is 20.0. The van der Waals surface area contributed by atoms with Crippen LogP contribution in [0.5, 0.6) is 0 Å². The van der Waals surface area contributed by atoms with E-state index in [1.54, 1.807) is 0 Å². The van der Waals surface area contributed by atoms with E-state index < -0.39 is 40.5 Å². The summed E-state index contributed by atoms with van der Waals surface area (Å²) >= 11 is 0. The molecule has 0 unspecified atom stereocenters. The lowest BCUT2D eigenvalue weighted by Crippen LogP contribution is -2.54. The Morgan fingerprint density at radius 3 is 1.37 bits per heavy atom. The Labute approximate surface area is 261 Å². The molecule has 3 atom stereocenters. The molecule has 1 heterocycles. The van der Waals surface area contributed by atoms with E-state index in [4.69, 9.17) is 18.3 Å². The first-order valence-corrected chi connectivity index (χ1v) is 21.2. The van der Waals surface area contributed by atoms with E-state index in [-0.39, 0.29) is 22.7 Å². The molecular weight excluding hydrogens is 569 g/mol. The third-order valence-corrected chi connectivity index (χ3v) is 18.6. The van der Waals surface area contributed by atoms with Gasteiger partial charge in [0.15, 0.2) is 28.8 Å². The zero-order valence-electron chi connectivity index (χ0n) is 27.6. The van der Waals surface area contributed by atoms with Crippen LogP contribution in [0.1, 0.15) is 58.2 Å². The van der Waals surface area contributed by atoms with Crippen LogP contribution in [0.25, 0.3) is 0 Å². The Balaban J connectivity index is 1.79. The van der Waals surface area contributed by atoms with Crippen LogP contribution in [-0.2, 0) is 28.7 Å². The Hall–Kier alpha value is -2.56. The first-order valence-electron chi connectivity index (χ1n) is 15.4. The molecule has 0 aromatic heterocycles. The molecule has 3 aromatic carbocycles. The van der Waals surface area contributed by atoms with Crippen molar-refractivity contribution in [3.63, 3.8) is 0 Å². The SMILES string of the molecule is CC(C)(C)[Si](C)(C)O[C@@H]1[C@H](COC(c2ccccc2)(c2ccccc2)c2ccccc2)OC(=O)[C@@H]1O[Si](C)(C)C(C)(C)C. The summed E-state index contributed by atoms with van der Waals surface area (Å²) in [6.07, 6.45) is -2.02. The van der Waals surface area contributed by atoms with Gasteiger partial charge in [0.2, 0.25) is 0 Å². The van der Waals surface area contributed by atoms with Gasteiger partial charge in [0.05, 0.1) is 6.61 Å². The molecule has 0 bridgehead atoms. The van der Waals surface area contributed by atoms with Gasteiger partial charge in [-0.2, -0.15) is 0 Å². The van der Waals surface area contributed by atoms with Crippen LogP contribution >= 0.6 is 0 Å². The smallest absolute Gasteiger partial charge is 0.337 e. The molecule has 1 saturated heterocycles. The fourth-order valence-electron chi connectivity index (χ4n) is 4.98. The van der Waals surface area contributed by atoms with Crippen molar-refractivity contribution >= 4 is 22.6 Å². The second kappa shape index (κ2) is 12.4. The Morgan fingerprint density at radius 1 is 0.628 bits per heavy atom. The number of carbonyl (C=O) groups excluding carboxylic acids is 1. The summed E-state index contributed by atoms with van der Waals surface area (Å²) in [4.78, 5) is 13.6. The van der Waals surface area contributed by atoms with Crippen molar-refractivity contribution in [1.29, 1.82) is 0 Å². The summed E-state index contributed by atoms with van der Waals surface area (Å²) in [6, 6.07) is 30.7. The summed E-state index contributed by atoms with van der Waals surface area (Å²) in [6.45, 7) is 22.0. The fraction of sp³-hybridized carbons (Fsp3) is 0.472. The number of cyclic esters (lactones) is 1. The Kier molecular flexibility index (Phi) is 9.65. The summed E-state index contributed by atoms with van der Waals surface area (Å²) < 4.78 is 27.0. The van der Waals surface area contributed by atoms with Crippen molar-refractivity contribution in [2.24, 2.45) is 0 Å². The molecule has 1 aliphatic heterocycles. The summed E-state index contributed by atoms with van der Waals surface area (Å²) in [5.41, 5.74) is 2.05. The molecule has 1 fully saturated rings. The van der Waals surface area contributed by atoms with Gasteiger partial charge < -0.3 is 18.3 Å². The van der Waals surface area contributed by atoms with Crippen LogP contribution in [0.4, 0.5) is 0 Å². The average molecular weight is 619 g/mol. The lowest BCUT2D eigenvalue weighted by molar-refractivity contribution is -0.149. The molecular formula is C36H50O5Si2. The van der Waals surface area contributed by atoms with Crippen molar-refractivity contribution in [1.82, 2.24) is 0 Å². The molecule has 0 saturated carbocycles. The summed E-state index contributed by atoms with van der Waals surface area (Å²) in [5.74, 6) is -0.369. The second-order valence-corrected chi connectivity index (χ2v) is 24.2. The fourth-order valence-corrected chi connectivity index (χ4v) is 7.51. The molecule has 0 amide bonds. The monoisotopic (exact) mass is 618 g/mol. The minimum Gasteiger partial charge on any atom is -0.455 e. The molecule has 7 heteroatoms. The van der Waals surface area contributed by atoms with Crippen molar-refractivity contribution in [2.45, 2.75) is 102 Å². The van der Waals surface area contributed by atoms with E-state index in [9.17, 15) is 4.79 Å². The molecule has 5 nitrogen and oxygen atoms in total. The third-order valence-electron chi connectivity index (χ3n) is 9.63. The average Bonchev–Trinajstić information content (AvgIpc) is 3.22. The van der Waals surface area contributed by atoms with Gasteiger partial charge in [-0.15, -0.1) is 0 Å². The van der Waals surface area contributed by atoms with Gasteiger partial charge in [-0.05, 0) is 53.0 Å². The predicted molar refractivity (Wildman–Crippen MR) is 179 cm³/mol. The van der Waals surface area contributed by atoms with Crippen LogP contribution in [-0.4, -0.2) is 47.5 Å². The van der Waals surface area contributed by atoms with Gasteiger partial charge in [-0.25, -0.2) is 4.79 Å². The van der Waals surface area contributed by atoms with E-state index >= 15 is 0 Å². The lowest BCUT2D eigenvalue weighted by atomic mass is 9.80. The van der Waals surface area contributed by atoms with Crippen molar-refractivity contribution in [3.8, 4) is 0 Å². The van der Waals surface area contributed by atoms with E-state index in [0.717, 1.165) is 16.7 Å². The quantitative estimate of drug-likeness (QED) is 0.129. The van der Waals surface area contributed by atoms with Crippen molar-refractivity contribution in [2.75, 3.05) is 6.61 Å². The highest BCUT2D eigenvalue weighted by Crippen LogP contribution is 2.44. The molecule has 0 aliphatic carbocycles. The van der Waals surface area contributed by atoms with Crippen LogP contribution in [0.3, 0.4) is 0 Å². The van der Waals surface area contributed by atoms with Gasteiger partial charge in [0, 0.05) is 0 Å². The van der Waals surface area contributed by atoms with Crippen LogP contribution < -0.4 is 0 Å². The number of esters is 1. The highest BCUT2D eigenvalue weighted by Gasteiger charge is 2.55. The van der Waals surface area contributed by atoms with E-state index in [2.05, 4.69) is 104 Å². The first kappa shape index (κ1) is 33.3. The molecule has 0 radical (unpaired) electrons. The summed E-state index contributed by atoms with van der Waals surface area (Å²) in [5, 5.41) is -0.139. The Bertz CT molecular complexity index is 1250. The number of hydrogen-bond donors (Lipinski definition) is 0. The minimum absolute atomic E-state index is 0.0621. The summed E-state index contributed by atoms with van der Waals surface area (Å²) in [7, 11) is -4.65. The van der Waals surface area contributed by atoms with Crippen LogP contribution in [0.15, 0.2) is 91.0 Å². The second-order valence-electron chi connectivity index (χ2n) is 14.7.